The summed E-state index contributed by atoms with van der Waals surface area (Å²) < 4.78 is 0. The number of amides is 1. The van der Waals surface area contributed by atoms with Gasteiger partial charge in [0.1, 0.15) is 0 Å². The van der Waals surface area contributed by atoms with Crippen LogP contribution >= 0.6 is 11.8 Å². The van der Waals surface area contributed by atoms with Gasteiger partial charge in [-0.2, -0.15) is 11.8 Å². The van der Waals surface area contributed by atoms with Crippen molar-refractivity contribution in [3.8, 4) is 0 Å². The summed E-state index contributed by atoms with van der Waals surface area (Å²) in [6, 6.07) is 7.69. The summed E-state index contributed by atoms with van der Waals surface area (Å²) in [6.45, 7) is 3.87. The maximum atomic E-state index is 12.0. The molecule has 1 aromatic carbocycles. The molecule has 0 saturated heterocycles. The fraction of sp³-hybridized carbons (Fsp3) is 0.588. The molecule has 0 atom stereocenters. The normalized spacial score (nSPS) is 10.4. The minimum atomic E-state index is 0.0288. The van der Waals surface area contributed by atoms with Gasteiger partial charge in [-0.05, 0) is 55.5 Å². The molecule has 21 heavy (non-hydrogen) atoms. The number of hydrogen-bond donors (Lipinski definition) is 2. The van der Waals surface area contributed by atoms with Gasteiger partial charge in [-0.3, -0.25) is 4.79 Å². The van der Waals surface area contributed by atoms with E-state index < -0.39 is 0 Å². The van der Waals surface area contributed by atoms with Gasteiger partial charge in [-0.1, -0.05) is 19.8 Å². The number of carbonyl (C=O) groups excluding carboxylic acids is 1. The molecule has 0 unspecified atom stereocenters. The molecule has 118 valence electrons. The minimum Gasteiger partial charge on any atom is -0.385 e. The molecular weight excluding hydrogens is 280 g/mol. The summed E-state index contributed by atoms with van der Waals surface area (Å²) in [6.07, 6.45) is 8.04. The third-order valence-corrected chi connectivity index (χ3v) is 3.98. The third kappa shape index (κ3) is 8.00. The van der Waals surface area contributed by atoms with E-state index in [0.717, 1.165) is 37.2 Å². The molecule has 1 aromatic rings. The summed E-state index contributed by atoms with van der Waals surface area (Å²) >= 11 is 1.90. The van der Waals surface area contributed by atoms with Crippen molar-refractivity contribution in [1.29, 1.82) is 0 Å². The molecule has 0 saturated carbocycles. The maximum absolute atomic E-state index is 12.0. The van der Waals surface area contributed by atoms with Crippen molar-refractivity contribution < 1.29 is 4.79 Å². The van der Waals surface area contributed by atoms with Gasteiger partial charge >= 0.3 is 0 Å². The first-order chi connectivity index (χ1) is 10.3. The molecule has 0 aliphatic carbocycles. The Hall–Kier alpha value is -1.16. The highest BCUT2D eigenvalue weighted by Gasteiger charge is 2.04. The Morgan fingerprint density at radius 3 is 2.43 bits per heavy atom. The highest BCUT2D eigenvalue weighted by molar-refractivity contribution is 7.98. The van der Waals surface area contributed by atoms with Gasteiger partial charge in [0.05, 0.1) is 0 Å². The lowest BCUT2D eigenvalue weighted by molar-refractivity contribution is 0.0953. The Labute approximate surface area is 133 Å². The van der Waals surface area contributed by atoms with E-state index in [1.54, 1.807) is 0 Å². The van der Waals surface area contributed by atoms with Gasteiger partial charge < -0.3 is 10.6 Å². The SMILES string of the molecule is CCCNc1ccc(C(=O)NCCCCCCSC)cc1. The first-order valence-electron chi connectivity index (χ1n) is 7.89. The monoisotopic (exact) mass is 308 g/mol. The number of hydrogen-bond acceptors (Lipinski definition) is 3. The number of carbonyl (C=O) groups is 1. The van der Waals surface area contributed by atoms with Crippen LogP contribution in [0.3, 0.4) is 0 Å². The summed E-state index contributed by atoms with van der Waals surface area (Å²) in [7, 11) is 0. The lowest BCUT2D eigenvalue weighted by Gasteiger charge is -2.07. The molecule has 0 aliphatic rings. The van der Waals surface area contributed by atoms with E-state index in [1.807, 2.05) is 36.0 Å². The van der Waals surface area contributed by atoms with E-state index in [2.05, 4.69) is 23.8 Å². The van der Waals surface area contributed by atoms with Crippen molar-refractivity contribution >= 4 is 23.4 Å². The topological polar surface area (TPSA) is 41.1 Å². The van der Waals surface area contributed by atoms with Crippen LogP contribution in [0.1, 0.15) is 49.4 Å². The number of anilines is 1. The van der Waals surface area contributed by atoms with Crippen LogP contribution < -0.4 is 10.6 Å². The molecule has 0 spiro atoms. The Balaban J connectivity index is 2.19. The van der Waals surface area contributed by atoms with Crippen LogP contribution in [0.4, 0.5) is 5.69 Å². The standard InChI is InChI=1S/C17H28N2OS/c1-3-12-18-16-10-8-15(9-11-16)17(20)19-13-6-4-5-7-14-21-2/h8-11,18H,3-7,12-14H2,1-2H3,(H,19,20). The minimum absolute atomic E-state index is 0.0288. The second-order valence-electron chi connectivity index (χ2n) is 5.17. The highest BCUT2D eigenvalue weighted by atomic mass is 32.2. The first-order valence-corrected chi connectivity index (χ1v) is 9.28. The van der Waals surface area contributed by atoms with E-state index in [4.69, 9.17) is 0 Å². The van der Waals surface area contributed by atoms with E-state index in [0.29, 0.717) is 0 Å². The second-order valence-corrected chi connectivity index (χ2v) is 6.15. The Morgan fingerprint density at radius 2 is 1.76 bits per heavy atom. The largest absolute Gasteiger partial charge is 0.385 e. The molecule has 0 aliphatic heterocycles. The average molecular weight is 308 g/mol. The van der Waals surface area contributed by atoms with Gasteiger partial charge in [0.25, 0.3) is 5.91 Å². The zero-order valence-corrected chi connectivity index (χ0v) is 14.1. The molecule has 4 heteroatoms. The van der Waals surface area contributed by atoms with E-state index >= 15 is 0 Å². The molecule has 0 radical (unpaired) electrons. The molecule has 3 nitrogen and oxygen atoms in total. The Morgan fingerprint density at radius 1 is 1.05 bits per heavy atom. The van der Waals surface area contributed by atoms with Crippen molar-refractivity contribution in [1.82, 2.24) is 5.32 Å². The van der Waals surface area contributed by atoms with E-state index in [1.165, 1.54) is 25.0 Å². The zero-order valence-electron chi connectivity index (χ0n) is 13.3. The molecule has 2 N–H and O–H groups in total. The summed E-state index contributed by atoms with van der Waals surface area (Å²) in [5.41, 5.74) is 1.81. The smallest absolute Gasteiger partial charge is 0.251 e. The lowest BCUT2D eigenvalue weighted by Crippen LogP contribution is -2.24. The Kier molecular flexibility index (Phi) is 9.79. The molecule has 1 rings (SSSR count). The van der Waals surface area contributed by atoms with E-state index in [9.17, 15) is 4.79 Å². The third-order valence-electron chi connectivity index (χ3n) is 3.29. The van der Waals surface area contributed by atoms with Crippen LogP contribution in [0.5, 0.6) is 0 Å². The first kappa shape index (κ1) is 17.9. The Bertz CT molecular complexity index is 392. The van der Waals surface area contributed by atoms with Crippen LogP contribution in [0, 0.1) is 0 Å². The van der Waals surface area contributed by atoms with Crippen molar-refractivity contribution in [3.63, 3.8) is 0 Å². The predicted octanol–water partition coefficient (Wildman–Crippen LogP) is 4.16. The van der Waals surface area contributed by atoms with Crippen LogP contribution in [0.2, 0.25) is 0 Å². The quantitative estimate of drug-likeness (QED) is 0.603. The van der Waals surface area contributed by atoms with Crippen LogP contribution in [-0.2, 0) is 0 Å². The summed E-state index contributed by atoms with van der Waals surface area (Å²) in [4.78, 5) is 12.0. The van der Waals surface area contributed by atoms with Crippen LogP contribution in [-0.4, -0.2) is 31.0 Å². The van der Waals surface area contributed by atoms with Gasteiger partial charge in [-0.15, -0.1) is 0 Å². The van der Waals surface area contributed by atoms with Crippen LogP contribution in [0.25, 0.3) is 0 Å². The van der Waals surface area contributed by atoms with Crippen molar-refractivity contribution in [2.24, 2.45) is 0 Å². The molecular formula is C17H28N2OS. The number of nitrogens with one attached hydrogen (secondary N) is 2. The van der Waals surface area contributed by atoms with Crippen molar-refractivity contribution in [3.05, 3.63) is 29.8 Å². The van der Waals surface area contributed by atoms with E-state index in [-0.39, 0.29) is 5.91 Å². The number of rotatable bonds is 11. The lowest BCUT2D eigenvalue weighted by atomic mass is 10.1. The fourth-order valence-corrected chi connectivity index (χ4v) is 2.53. The number of thioether (sulfide) groups is 1. The second kappa shape index (κ2) is 11.5. The van der Waals surface area contributed by atoms with Gasteiger partial charge in [0.2, 0.25) is 0 Å². The van der Waals surface area contributed by atoms with Crippen LogP contribution in [0.15, 0.2) is 24.3 Å². The van der Waals surface area contributed by atoms with Crippen molar-refractivity contribution in [2.45, 2.75) is 39.0 Å². The number of unbranched alkanes of at least 4 members (excludes halogenated alkanes) is 3. The number of benzene rings is 1. The highest BCUT2D eigenvalue weighted by Crippen LogP contribution is 2.09. The maximum Gasteiger partial charge on any atom is 0.251 e. The summed E-state index contributed by atoms with van der Waals surface area (Å²) in [5, 5.41) is 6.29. The molecule has 0 bridgehead atoms. The predicted molar refractivity (Wildman–Crippen MR) is 94.4 cm³/mol. The molecule has 0 aromatic heterocycles. The summed E-state index contributed by atoms with van der Waals surface area (Å²) in [5.74, 6) is 1.27. The molecule has 1 amide bonds. The fourth-order valence-electron chi connectivity index (χ4n) is 2.04. The van der Waals surface area contributed by atoms with Gasteiger partial charge in [0.15, 0.2) is 0 Å². The average Bonchev–Trinajstić information content (AvgIpc) is 2.52. The van der Waals surface area contributed by atoms with Gasteiger partial charge in [-0.25, -0.2) is 0 Å². The zero-order chi connectivity index (χ0) is 15.3. The van der Waals surface area contributed by atoms with Gasteiger partial charge in [0, 0.05) is 24.3 Å². The molecule has 0 fully saturated rings. The van der Waals surface area contributed by atoms with Crippen molar-refractivity contribution in [2.75, 3.05) is 30.4 Å². The molecule has 0 heterocycles.